The van der Waals surface area contributed by atoms with Gasteiger partial charge in [0.1, 0.15) is 6.10 Å². The van der Waals surface area contributed by atoms with Gasteiger partial charge in [-0.1, -0.05) is 36.4 Å². The molecule has 0 aliphatic heterocycles. The highest BCUT2D eigenvalue weighted by molar-refractivity contribution is 5.87. The van der Waals surface area contributed by atoms with Crippen LogP contribution in [-0.2, 0) is 14.3 Å². The lowest BCUT2D eigenvalue weighted by Gasteiger charge is -2.18. The molecule has 0 aromatic heterocycles. The topological polar surface area (TPSA) is 63.6 Å². The van der Waals surface area contributed by atoms with E-state index in [-0.39, 0.29) is 6.42 Å². The molecule has 2 unspecified atom stereocenters. The van der Waals surface area contributed by atoms with Gasteiger partial charge in [-0.05, 0) is 25.0 Å². The average Bonchev–Trinajstić information content (AvgIpc) is 2.43. The van der Waals surface area contributed by atoms with Crippen LogP contribution in [0.5, 0.6) is 0 Å². The van der Waals surface area contributed by atoms with Gasteiger partial charge in [-0.25, -0.2) is 4.79 Å². The molecule has 1 N–H and O–H groups in total. The van der Waals surface area contributed by atoms with Crippen molar-refractivity contribution in [2.75, 3.05) is 0 Å². The minimum atomic E-state index is -1.00. The molecule has 0 spiro atoms. The summed E-state index contributed by atoms with van der Waals surface area (Å²) in [5, 5.41) is 9.04. The molecule has 106 valence electrons. The SMILES string of the molecule is C=CCC(C(=O)O)C(C)OC(=O)C=Cc1ccccc1. The van der Waals surface area contributed by atoms with Crippen molar-refractivity contribution in [2.45, 2.75) is 19.4 Å². The van der Waals surface area contributed by atoms with Crippen LogP contribution >= 0.6 is 0 Å². The summed E-state index contributed by atoms with van der Waals surface area (Å²) in [6.07, 6.45) is 3.96. The number of aliphatic carboxylic acids is 1. The summed E-state index contributed by atoms with van der Waals surface area (Å²) in [5.41, 5.74) is 0.873. The first-order valence-electron chi connectivity index (χ1n) is 6.32. The molecule has 0 amide bonds. The van der Waals surface area contributed by atoms with E-state index in [4.69, 9.17) is 9.84 Å². The zero-order valence-corrected chi connectivity index (χ0v) is 11.4. The first-order valence-corrected chi connectivity index (χ1v) is 6.32. The number of carbonyl (C=O) groups is 2. The number of rotatable bonds is 7. The number of allylic oxidation sites excluding steroid dienone is 1. The normalized spacial score (nSPS) is 13.7. The number of carboxylic acid groups (broad SMARTS) is 1. The summed E-state index contributed by atoms with van der Waals surface area (Å²) < 4.78 is 5.09. The van der Waals surface area contributed by atoms with Gasteiger partial charge in [-0.3, -0.25) is 4.79 Å². The number of hydrogen-bond donors (Lipinski definition) is 1. The van der Waals surface area contributed by atoms with Crippen molar-refractivity contribution >= 4 is 18.0 Å². The molecule has 0 aliphatic carbocycles. The van der Waals surface area contributed by atoms with Crippen LogP contribution in [0.25, 0.3) is 6.08 Å². The third-order valence-electron chi connectivity index (χ3n) is 2.82. The standard InChI is InChI=1S/C16H18O4/c1-3-7-14(16(18)19)12(2)20-15(17)11-10-13-8-5-4-6-9-13/h3-6,8-12,14H,1,7H2,2H3,(H,18,19). The summed E-state index contributed by atoms with van der Waals surface area (Å²) in [4.78, 5) is 22.7. The predicted octanol–water partition coefficient (Wildman–Crippen LogP) is 2.91. The molecule has 0 saturated carbocycles. The van der Waals surface area contributed by atoms with Crippen LogP contribution in [0.3, 0.4) is 0 Å². The number of carbonyl (C=O) groups excluding carboxylic acids is 1. The second-order valence-electron chi connectivity index (χ2n) is 4.36. The van der Waals surface area contributed by atoms with Gasteiger partial charge < -0.3 is 9.84 Å². The molecular formula is C16H18O4. The molecule has 4 nitrogen and oxygen atoms in total. The Bertz CT molecular complexity index is 490. The summed E-state index contributed by atoms with van der Waals surface area (Å²) >= 11 is 0. The van der Waals surface area contributed by atoms with Crippen LogP contribution in [0.1, 0.15) is 18.9 Å². The zero-order valence-electron chi connectivity index (χ0n) is 11.4. The van der Waals surface area contributed by atoms with Crippen molar-refractivity contribution < 1.29 is 19.4 Å². The van der Waals surface area contributed by atoms with Crippen molar-refractivity contribution in [3.05, 3.63) is 54.6 Å². The van der Waals surface area contributed by atoms with E-state index >= 15 is 0 Å². The lowest BCUT2D eigenvalue weighted by Crippen LogP contribution is -2.29. The fraction of sp³-hybridized carbons (Fsp3) is 0.250. The van der Waals surface area contributed by atoms with E-state index in [2.05, 4.69) is 6.58 Å². The Balaban J connectivity index is 2.59. The maximum Gasteiger partial charge on any atom is 0.331 e. The number of ether oxygens (including phenoxy) is 1. The van der Waals surface area contributed by atoms with Crippen LogP contribution in [-0.4, -0.2) is 23.1 Å². The van der Waals surface area contributed by atoms with E-state index in [0.717, 1.165) is 5.56 Å². The van der Waals surface area contributed by atoms with Crippen molar-refractivity contribution in [3.63, 3.8) is 0 Å². The smallest absolute Gasteiger partial charge is 0.331 e. The number of carboxylic acids is 1. The monoisotopic (exact) mass is 274 g/mol. The quantitative estimate of drug-likeness (QED) is 0.472. The average molecular weight is 274 g/mol. The van der Waals surface area contributed by atoms with Crippen molar-refractivity contribution in [1.29, 1.82) is 0 Å². The van der Waals surface area contributed by atoms with E-state index in [9.17, 15) is 9.59 Å². The Hall–Kier alpha value is -2.36. The first-order chi connectivity index (χ1) is 9.54. The molecule has 1 aromatic rings. The first kappa shape index (κ1) is 15.7. The lowest BCUT2D eigenvalue weighted by atomic mass is 10.00. The summed E-state index contributed by atoms with van der Waals surface area (Å²) in [5.74, 6) is -2.34. The van der Waals surface area contributed by atoms with Crippen molar-refractivity contribution in [2.24, 2.45) is 5.92 Å². The molecule has 0 radical (unpaired) electrons. The minimum Gasteiger partial charge on any atom is -0.481 e. The summed E-state index contributed by atoms with van der Waals surface area (Å²) in [6, 6.07) is 9.30. The Morgan fingerprint density at radius 3 is 2.55 bits per heavy atom. The third-order valence-corrected chi connectivity index (χ3v) is 2.82. The van der Waals surface area contributed by atoms with Crippen molar-refractivity contribution in [1.82, 2.24) is 0 Å². The zero-order chi connectivity index (χ0) is 15.0. The largest absolute Gasteiger partial charge is 0.481 e. The van der Waals surface area contributed by atoms with Crippen LogP contribution in [0.4, 0.5) is 0 Å². The van der Waals surface area contributed by atoms with E-state index in [1.54, 1.807) is 13.0 Å². The predicted molar refractivity (Wildman–Crippen MR) is 77.0 cm³/mol. The minimum absolute atomic E-state index is 0.256. The summed E-state index contributed by atoms with van der Waals surface area (Å²) in [7, 11) is 0. The fourth-order valence-electron chi connectivity index (χ4n) is 1.71. The Labute approximate surface area is 118 Å². The van der Waals surface area contributed by atoms with Crippen LogP contribution in [0.15, 0.2) is 49.1 Å². The van der Waals surface area contributed by atoms with Crippen LogP contribution in [0.2, 0.25) is 0 Å². The van der Waals surface area contributed by atoms with Gasteiger partial charge in [0.25, 0.3) is 0 Å². The van der Waals surface area contributed by atoms with Gasteiger partial charge in [-0.2, -0.15) is 0 Å². The maximum absolute atomic E-state index is 11.6. The van der Waals surface area contributed by atoms with Gasteiger partial charge in [0, 0.05) is 6.08 Å². The number of hydrogen-bond acceptors (Lipinski definition) is 3. The van der Waals surface area contributed by atoms with E-state index in [1.807, 2.05) is 30.3 Å². The molecule has 2 atom stereocenters. The van der Waals surface area contributed by atoms with Gasteiger partial charge in [0.15, 0.2) is 0 Å². The molecule has 0 fully saturated rings. The second kappa shape index (κ2) is 7.94. The van der Waals surface area contributed by atoms with Gasteiger partial charge >= 0.3 is 11.9 Å². The molecule has 0 heterocycles. The van der Waals surface area contributed by atoms with Crippen LogP contribution in [0, 0.1) is 5.92 Å². The van der Waals surface area contributed by atoms with Crippen molar-refractivity contribution in [3.8, 4) is 0 Å². The molecule has 20 heavy (non-hydrogen) atoms. The van der Waals surface area contributed by atoms with E-state index in [0.29, 0.717) is 0 Å². The number of esters is 1. The number of benzene rings is 1. The highest BCUT2D eigenvalue weighted by Gasteiger charge is 2.25. The lowest BCUT2D eigenvalue weighted by molar-refractivity contribution is -0.153. The summed E-state index contributed by atoms with van der Waals surface area (Å²) in [6.45, 7) is 5.07. The maximum atomic E-state index is 11.6. The second-order valence-corrected chi connectivity index (χ2v) is 4.36. The highest BCUT2D eigenvalue weighted by Crippen LogP contribution is 2.14. The molecule has 0 saturated heterocycles. The van der Waals surface area contributed by atoms with Crippen LogP contribution < -0.4 is 0 Å². The Morgan fingerprint density at radius 1 is 1.35 bits per heavy atom. The molecular weight excluding hydrogens is 256 g/mol. The van der Waals surface area contributed by atoms with E-state index < -0.39 is 24.0 Å². The fourth-order valence-corrected chi connectivity index (χ4v) is 1.71. The third kappa shape index (κ3) is 5.10. The van der Waals surface area contributed by atoms with E-state index in [1.165, 1.54) is 12.2 Å². The molecule has 0 aliphatic rings. The Morgan fingerprint density at radius 2 is 2.00 bits per heavy atom. The van der Waals surface area contributed by atoms with Gasteiger partial charge in [0.05, 0.1) is 5.92 Å². The highest BCUT2D eigenvalue weighted by atomic mass is 16.5. The molecule has 1 rings (SSSR count). The molecule has 1 aromatic carbocycles. The molecule has 4 heteroatoms. The van der Waals surface area contributed by atoms with Gasteiger partial charge in [-0.15, -0.1) is 6.58 Å². The molecule has 0 bridgehead atoms. The van der Waals surface area contributed by atoms with Gasteiger partial charge in [0.2, 0.25) is 0 Å². The Kier molecular flexibility index (Phi) is 6.23.